The van der Waals surface area contributed by atoms with Crippen molar-refractivity contribution in [2.75, 3.05) is 21.3 Å². The lowest BCUT2D eigenvalue weighted by Crippen LogP contribution is -2.00. The number of benzene rings is 2. The van der Waals surface area contributed by atoms with Gasteiger partial charge in [0.05, 0.1) is 21.3 Å². The summed E-state index contributed by atoms with van der Waals surface area (Å²) >= 11 is 0. The summed E-state index contributed by atoms with van der Waals surface area (Å²) in [7, 11) is 4.73. The SMILES string of the molecule is COc1cc(OC)cc(OCc2cc(C=O)ccc2OC)c1. The standard InChI is InChI=1S/C17H18O5/c1-19-14-7-15(20-2)9-16(8-14)22-11-13-6-12(10-18)4-5-17(13)21-3/h4-10H,11H2,1-3H3. The molecule has 0 saturated carbocycles. The second kappa shape index (κ2) is 7.36. The van der Waals surface area contributed by atoms with Crippen LogP contribution in [-0.2, 0) is 6.61 Å². The summed E-state index contributed by atoms with van der Waals surface area (Å²) in [4.78, 5) is 10.9. The van der Waals surface area contributed by atoms with Crippen molar-refractivity contribution in [2.45, 2.75) is 6.61 Å². The van der Waals surface area contributed by atoms with E-state index in [0.29, 0.717) is 28.6 Å². The van der Waals surface area contributed by atoms with Crippen LogP contribution < -0.4 is 18.9 Å². The fourth-order valence-electron chi connectivity index (χ4n) is 2.01. The fraction of sp³-hybridized carbons (Fsp3) is 0.235. The van der Waals surface area contributed by atoms with E-state index in [-0.39, 0.29) is 6.61 Å². The van der Waals surface area contributed by atoms with Crippen LogP contribution in [0.25, 0.3) is 0 Å². The maximum Gasteiger partial charge on any atom is 0.150 e. The van der Waals surface area contributed by atoms with Crippen LogP contribution in [0.15, 0.2) is 36.4 Å². The number of hydrogen-bond acceptors (Lipinski definition) is 5. The van der Waals surface area contributed by atoms with Gasteiger partial charge in [-0.05, 0) is 18.2 Å². The summed E-state index contributed by atoms with van der Waals surface area (Å²) in [5.74, 6) is 2.56. The summed E-state index contributed by atoms with van der Waals surface area (Å²) in [5, 5.41) is 0. The van der Waals surface area contributed by atoms with Gasteiger partial charge < -0.3 is 18.9 Å². The molecule has 5 nitrogen and oxygen atoms in total. The van der Waals surface area contributed by atoms with Crippen LogP contribution in [-0.4, -0.2) is 27.6 Å². The molecular weight excluding hydrogens is 284 g/mol. The Kier molecular flexibility index (Phi) is 5.25. The zero-order chi connectivity index (χ0) is 15.9. The van der Waals surface area contributed by atoms with Crippen molar-refractivity contribution in [1.29, 1.82) is 0 Å². The van der Waals surface area contributed by atoms with E-state index in [1.165, 1.54) is 0 Å². The van der Waals surface area contributed by atoms with E-state index in [0.717, 1.165) is 11.8 Å². The van der Waals surface area contributed by atoms with Gasteiger partial charge in [-0.25, -0.2) is 0 Å². The molecule has 0 aromatic heterocycles. The number of carbonyl (C=O) groups excluding carboxylic acids is 1. The predicted molar refractivity (Wildman–Crippen MR) is 82.3 cm³/mol. The van der Waals surface area contributed by atoms with Crippen LogP contribution in [0, 0.1) is 0 Å². The monoisotopic (exact) mass is 302 g/mol. The van der Waals surface area contributed by atoms with Gasteiger partial charge in [0.15, 0.2) is 0 Å². The average molecular weight is 302 g/mol. The number of hydrogen-bond donors (Lipinski definition) is 0. The molecule has 0 aliphatic rings. The summed E-state index contributed by atoms with van der Waals surface area (Å²) in [5.41, 5.74) is 1.36. The topological polar surface area (TPSA) is 54.0 Å². The highest BCUT2D eigenvalue weighted by molar-refractivity contribution is 5.75. The first kappa shape index (κ1) is 15.7. The van der Waals surface area contributed by atoms with Crippen LogP contribution in [0.2, 0.25) is 0 Å². The van der Waals surface area contributed by atoms with Gasteiger partial charge in [0.2, 0.25) is 0 Å². The molecule has 0 N–H and O–H groups in total. The van der Waals surface area contributed by atoms with Crippen molar-refractivity contribution in [2.24, 2.45) is 0 Å². The quantitative estimate of drug-likeness (QED) is 0.736. The summed E-state index contributed by atoms with van der Waals surface area (Å²) in [6.45, 7) is 0.265. The average Bonchev–Trinajstić information content (AvgIpc) is 2.59. The van der Waals surface area contributed by atoms with Gasteiger partial charge in [-0.15, -0.1) is 0 Å². The highest BCUT2D eigenvalue weighted by Crippen LogP contribution is 2.29. The molecule has 0 spiro atoms. The summed E-state index contributed by atoms with van der Waals surface area (Å²) < 4.78 is 21.4. The van der Waals surface area contributed by atoms with Crippen molar-refractivity contribution in [1.82, 2.24) is 0 Å². The predicted octanol–water partition coefficient (Wildman–Crippen LogP) is 3.10. The van der Waals surface area contributed by atoms with Gasteiger partial charge in [-0.2, -0.15) is 0 Å². The third kappa shape index (κ3) is 3.69. The van der Waals surface area contributed by atoms with E-state index in [1.807, 2.05) is 0 Å². The minimum absolute atomic E-state index is 0.265. The molecular formula is C17H18O5. The Morgan fingerprint density at radius 1 is 0.864 bits per heavy atom. The number of ether oxygens (including phenoxy) is 4. The first-order valence-electron chi connectivity index (χ1n) is 6.68. The normalized spacial score (nSPS) is 9.95. The molecule has 0 amide bonds. The largest absolute Gasteiger partial charge is 0.496 e. The van der Waals surface area contributed by atoms with E-state index in [9.17, 15) is 4.79 Å². The molecule has 116 valence electrons. The minimum atomic E-state index is 0.265. The van der Waals surface area contributed by atoms with E-state index >= 15 is 0 Å². The number of rotatable bonds is 7. The van der Waals surface area contributed by atoms with Crippen LogP contribution in [0.1, 0.15) is 15.9 Å². The molecule has 5 heteroatoms. The summed E-state index contributed by atoms with van der Waals surface area (Å²) in [6.07, 6.45) is 0.789. The van der Waals surface area contributed by atoms with E-state index in [4.69, 9.17) is 18.9 Å². The molecule has 0 radical (unpaired) electrons. The Balaban J connectivity index is 2.20. The third-order valence-electron chi connectivity index (χ3n) is 3.16. The smallest absolute Gasteiger partial charge is 0.150 e. The molecule has 0 fully saturated rings. The number of carbonyl (C=O) groups is 1. The van der Waals surface area contributed by atoms with E-state index in [2.05, 4.69) is 0 Å². The van der Waals surface area contributed by atoms with Crippen molar-refractivity contribution in [3.8, 4) is 23.0 Å². The molecule has 0 atom stereocenters. The Bertz CT molecular complexity index is 629. The zero-order valence-electron chi connectivity index (χ0n) is 12.8. The molecule has 0 aliphatic carbocycles. The van der Waals surface area contributed by atoms with Crippen molar-refractivity contribution in [3.05, 3.63) is 47.5 Å². The first-order chi connectivity index (χ1) is 10.7. The Morgan fingerprint density at radius 3 is 2.05 bits per heavy atom. The second-order valence-electron chi connectivity index (χ2n) is 4.53. The van der Waals surface area contributed by atoms with Gasteiger partial charge >= 0.3 is 0 Å². The van der Waals surface area contributed by atoms with Gasteiger partial charge in [-0.3, -0.25) is 4.79 Å². The van der Waals surface area contributed by atoms with Gasteiger partial charge in [0.25, 0.3) is 0 Å². The molecule has 22 heavy (non-hydrogen) atoms. The Morgan fingerprint density at radius 2 is 1.50 bits per heavy atom. The van der Waals surface area contributed by atoms with Gasteiger partial charge in [-0.1, -0.05) is 0 Å². The molecule has 0 saturated heterocycles. The molecule has 0 aliphatic heterocycles. The maximum absolute atomic E-state index is 10.9. The lowest BCUT2D eigenvalue weighted by molar-refractivity contribution is 0.112. The van der Waals surface area contributed by atoms with Crippen LogP contribution in [0.4, 0.5) is 0 Å². The molecule has 0 bridgehead atoms. The van der Waals surface area contributed by atoms with Gasteiger partial charge in [0.1, 0.15) is 35.9 Å². The molecule has 0 unspecified atom stereocenters. The van der Waals surface area contributed by atoms with Crippen molar-refractivity contribution in [3.63, 3.8) is 0 Å². The number of methoxy groups -OCH3 is 3. The first-order valence-corrected chi connectivity index (χ1v) is 6.68. The van der Waals surface area contributed by atoms with Crippen LogP contribution in [0.5, 0.6) is 23.0 Å². The minimum Gasteiger partial charge on any atom is -0.496 e. The lowest BCUT2D eigenvalue weighted by atomic mass is 10.1. The fourth-order valence-corrected chi connectivity index (χ4v) is 2.01. The lowest BCUT2D eigenvalue weighted by Gasteiger charge is -2.12. The van der Waals surface area contributed by atoms with Crippen LogP contribution in [0.3, 0.4) is 0 Å². The Labute approximate surface area is 129 Å². The molecule has 2 aromatic carbocycles. The van der Waals surface area contributed by atoms with E-state index < -0.39 is 0 Å². The highest BCUT2D eigenvalue weighted by atomic mass is 16.5. The Hall–Kier alpha value is -2.69. The second-order valence-corrected chi connectivity index (χ2v) is 4.53. The zero-order valence-corrected chi connectivity index (χ0v) is 12.8. The van der Waals surface area contributed by atoms with Crippen LogP contribution >= 0.6 is 0 Å². The number of aldehydes is 1. The molecule has 2 aromatic rings. The molecule has 2 rings (SSSR count). The van der Waals surface area contributed by atoms with Crippen molar-refractivity contribution >= 4 is 6.29 Å². The molecule has 0 heterocycles. The van der Waals surface area contributed by atoms with Crippen molar-refractivity contribution < 1.29 is 23.7 Å². The highest BCUT2D eigenvalue weighted by Gasteiger charge is 2.07. The van der Waals surface area contributed by atoms with Gasteiger partial charge in [0, 0.05) is 29.3 Å². The third-order valence-corrected chi connectivity index (χ3v) is 3.16. The van der Waals surface area contributed by atoms with E-state index in [1.54, 1.807) is 57.7 Å². The summed E-state index contributed by atoms with van der Waals surface area (Å²) in [6, 6.07) is 10.5. The maximum atomic E-state index is 10.9.